The summed E-state index contributed by atoms with van der Waals surface area (Å²) in [5.74, 6) is 1.19. The molecule has 0 aliphatic carbocycles. The topological polar surface area (TPSA) is 0 Å². The molecule has 0 aromatic carbocycles. The van der Waals surface area contributed by atoms with Crippen LogP contribution in [0.5, 0.6) is 0 Å². The molecule has 5 heteroatoms. The molecule has 10 heavy (non-hydrogen) atoms. The summed E-state index contributed by atoms with van der Waals surface area (Å²) in [5.41, 5.74) is 1.48. The van der Waals surface area contributed by atoms with Crippen LogP contribution in [0.3, 0.4) is 0 Å². The van der Waals surface area contributed by atoms with Crippen LogP contribution in [-0.4, -0.2) is 5.75 Å². The quantitative estimate of drug-likeness (QED) is 0.576. The van der Waals surface area contributed by atoms with Crippen LogP contribution in [0.25, 0.3) is 0 Å². The maximum Gasteiger partial charge on any atom is 0 e. The normalized spacial score (nSPS) is 15.1. The van der Waals surface area contributed by atoms with Gasteiger partial charge in [-0.15, -0.1) is 0 Å². The smallest absolute Gasteiger partial charge is 0 e. The predicted octanol–water partition coefficient (Wildman–Crippen LogP) is 2.48. The SMILES string of the molecule is CC1=CS[CH-]SC1.[Y].[Y].[Y]. The zero-order valence-electron chi connectivity index (χ0n) is 5.91. The van der Waals surface area contributed by atoms with Crippen LogP contribution < -0.4 is 0 Å². The molecule has 0 amide bonds. The molecular formula is C5H7S2Y3-. The Morgan fingerprint density at radius 1 is 1.40 bits per heavy atom. The first-order valence-electron chi connectivity index (χ1n) is 2.14. The van der Waals surface area contributed by atoms with Crippen LogP contribution >= 0.6 is 23.5 Å². The van der Waals surface area contributed by atoms with Crippen molar-refractivity contribution in [2.75, 3.05) is 5.75 Å². The fourth-order valence-corrected chi connectivity index (χ4v) is 1.96. The Labute approximate surface area is 147 Å². The van der Waals surface area contributed by atoms with Crippen LogP contribution in [0, 0.1) is 5.08 Å². The zero-order valence-corrected chi connectivity index (χ0v) is 16.1. The van der Waals surface area contributed by atoms with Crippen molar-refractivity contribution in [2.24, 2.45) is 0 Å². The monoisotopic (exact) mass is 398 g/mol. The van der Waals surface area contributed by atoms with Crippen molar-refractivity contribution in [1.29, 1.82) is 0 Å². The van der Waals surface area contributed by atoms with Crippen molar-refractivity contribution in [3.63, 3.8) is 0 Å². The minimum absolute atomic E-state index is 0. The van der Waals surface area contributed by atoms with Gasteiger partial charge in [-0.1, -0.05) is 11.0 Å². The molecule has 0 spiro atoms. The van der Waals surface area contributed by atoms with E-state index in [1.165, 1.54) is 11.3 Å². The van der Waals surface area contributed by atoms with Gasteiger partial charge in [-0.05, 0) is 12.7 Å². The molecule has 3 radical (unpaired) electrons. The van der Waals surface area contributed by atoms with Crippen LogP contribution in [0.15, 0.2) is 11.0 Å². The third-order valence-electron chi connectivity index (χ3n) is 0.704. The van der Waals surface area contributed by atoms with E-state index >= 15 is 0 Å². The molecule has 1 rings (SSSR count). The van der Waals surface area contributed by atoms with E-state index in [2.05, 4.69) is 17.4 Å². The summed E-state index contributed by atoms with van der Waals surface area (Å²) in [4.78, 5) is 0. The van der Waals surface area contributed by atoms with Crippen molar-refractivity contribution in [3.8, 4) is 0 Å². The van der Waals surface area contributed by atoms with Crippen molar-refractivity contribution < 1.29 is 98.1 Å². The largest absolute Gasteiger partial charge is 0.336 e. The van der Waals surface area contributed by atoms with Gasteiger partial charge in [-0.2, -0.15) is 0 Å². The first-order chi connectivity index (χ1) is 3.39. The summed E-state index contributed by atoms with van der Waals surface area (Å²) in [6, 6.07) is 0. The van der Waals surface area contributed by atoms with Gasteiger partial charge in [-0.25, -0.2) is 5.08 Å². The van der Waals surface area contributed by atoms with Gasteiger partial charge in [0, 0.05) is 98.1 Å². The molecule has 0 N–H and O–H groups in total. The summed E-state index contributed by atoms with van der Waals surface area (Å²) in [5, 5.41) is 4.35. The Morgan fingerprint density at radius 3 is 2.20 bits per heavy atom. The molecule has 0 aromatic heterocycles. The average Bonchev–Trinajstić information content (AvgIpc) is 1.69. The summed E-state index contributed by atoms with van der Waals surface area (Å²) >= 11 is 3.65. The van der Waals surface area contributed by atoms with E-state index in [1.54, 1.807) is 11.8 Å². The zero-order chi connectivity index (χ0) is 5.11. The van der Waals surface area contributed by atoms with Crippen molar-refractivity contribution in [1.82, 2.24) is 0 Å². The van der Waals surface area contributed by atoms with Crippen molar-refractivity contribution >= 4 is 23.5 Å². The number of thioether (sulfide) groups is 2. The second-order valence-corrected chi connectivity index (χ2v) is 3.41. The molecule has 1 aliphatic rings. The van der Waals surface area contributed by atoms with Crippen LogP contribution in [0.2, 0.25) is 0 Å². The molecule has 49 valence electrons. The van der Waals surface area contributed by atoms with E-state index in [9.17, 15) is 0 Å². The van der Waals surface area contributed by atoms with Gasteiger partial charge in [0.1, 0.15) is 0 Å². The minimum Gasteiger partial charge on any atom is -0.336 e. The molecule has 1 heterocycles. The third kappa shape index (κ3) is 9.84. The maximum absolute atomic E-state index is 2.19. The summed E-state index contributed by atoms with van der Waals surface area (Å²) in [6.45, 7) is 2.16. The minimum atomic E-state index is 0. The molecule has 0 saturated heterocycles. The molecular weight excluding hydrogens is 391 g/mol. The van der Waals surface area contributed by atoms with Crippen LogP contribution in [-0.2, 0) is 98.1 Å². The average molecular weight is 398 g/mol. The Morgan fingerprint density at radius 2 is 2.00 bits per heavy atom. The van der Waals surface area contributed by atoms with E-state index in [1.807, 2.05) is 11.8 Å². The molecule has 0 bridgehead atoms. The summed E-state index contributed by atoms with van der Waals surface area (Å²) < 4.78 is 0. The molecule has 0 atom stereocenters. The number of hydrogen-bond acceptors (Lipinski definition) is 2. The molecule has 0 nitrogen and oxygen atoms in total. The maximum atomic E-state index is 2.19. The van der Waals surface area contributed by atoms with E-state index < -0.39 is 0 Å². The van der Waals surface area contributed by atoms with E-state index in [-0.39, 0.29) is 98.1 Å². The first-order valence-corrected chi connectivity index (χ1v) is 4.13. The Balaban J connectivity index is -0.000000163. The van der Waals surface area contributed by atoms with Crippen LogP contribution in [0.4, 0.5) is 0 Å². The number of hydrogen-bond donors (Lipinski definition) is 0. The standard InChI is InChI=1S/C5H7S2.3Y/c1-5-2-6-4-7-3-5;;;/h2,4H,3H2,1H3;;;/q-1;;;. The molecule has 0 unspecified atom stereocenters. The van der Waals surface area contributed by atoms with Gasteiger partial charge >= 0.3 is 0 Å². The van der Waals surface area contributed by atoms with Gasteiger partial charge in [0.15, 0.2) is 0 Å². The third-order valence-corrected chi connectivity index (χ3v) is 2.85. The Hall–Kier alpha value is 3.75. The molecule has 0 saturated carbocycles. The Bertz CT molecular complexity index is 94.9. The predicted molar refractivity (Wildman–Crippen MR) is 38.1 cm³/mol. The molecule has 0 aromatic rings. The number of rotatable bonds is 0. The van der Waals surface area contributed by atoms with Gasteiger partial charge in [0.2, 0.25) is 0 Å². The van der Waals surface area contributed by atoms with Crippen molar-refractivity contribution in [2.45, 2.75) is 6.92 Å². The fourth-order valence-electron chi connectivity index (χ4n) is 0.383. The van der Waals surface area contributed by atoms with E-state index in [0.717, 1.165) is 0 Å². The second-order valence-electron chi connectivity index (χ2n) is 1.51. The summed E-state index contributed by atoms with van der Waals surface area (Å²) in [7, 11) is 0. The molecule has 0 fully saturated rings. The van der Waals surface area contributed by atoms with E-state index in [0.29, 0.717) is 0 Å². The second kappa shape index (κ2) is 12.8. The first kappa shape index (κ1) is 19.3. The van der Waals surface area contributed by atoms with Crippen LogP contribution in [0.1, 0.15) is 6.92 Å². The molecule has 1 aliphatic heterocycles. The van der Waals surface area contributed by atoms with Gasteiger partial charge < -0.3 is 23.5 Å². The van der Waals surface area contributed by atoms with Gasteiger partial charge in [-0.3, -0.25) is 0 Å². The van der Waals surface area contributed by atoms with Gasteiger partial charge in [0.25, 0.3) is 0 Å². The summed E-state index contributed by atoms with van der Waals surface area (Å²) in [6.07, 6.45) is 0. The Kier molecular flexibility index (Phi) is 24.7. The van der Waals surface area contributed by atoms with E-state index in [4.69, 9.17) is 0 Å². The fraction of sp³-hybridized carbons (Fsp3) is 0.400. The van der Waals surface area contributed by atoms with Gasteiger partial charge in [0.05, 0.1) is 0 Å². The van der Waals surface area contributed by atoms with Crippen molar-refractivity contribution in [3.05, 3.63) is 16.1 Å².